The highest BCUT2D eigenvalue weighted by Gasteiger charge is 2.14. The van der Waals surface area contributed by atoms with Crippen LogP contribution < -0.4 is 16.0 Å². The molecule has 2 aromatic heterocycles. The molecule has 0 atom stereocenters. The van der Waals surface area contributed by atoms with Crippen LogP contribution in [0.15, 0.2) is 73.0 Å². The molecule has 0 amide bonds. The Balaban J connectivity index is 1.91. The van der Waals surface area contributed by atoms with Crippen molar-refractivity contribution >= 4 is 27.7 Å². The van der Waals surface area contributed by atoms with E-state index in [1.807, 2.05) is 12.1 Å². The van der Waals surface area contributed by atoms with E-state index in [1.165, 1.54) is 19.1 Å². The van der Waals surface area contributed by atoms with Crippen molar-refractivity contribution in [3.8, 4) is 16.9 Å². The van der Waals surface area contributed by atoms with E-state index in [-0.39, 0.29) is 23.5 Å². The zero-order chi connectivity index (χ0) is 19.0. The maximum Gasteiger partial charge on any atom is 0.344 e. The lowest BCUT2D eigenvalue weighted by atomic mass is 10.0. The van der Waals surface area contributed by atoms with Gasteiger partial charge < -0.3 is 13.6 Å². The van der Waals surface area contributed by atoms with Crippen molar-refractivity contribution in [1.82, 2.24) is 0 Å². The number of carbonyl (C=O) groups excluding carboxylic acids is 1. The third-order valence-electron chi connectivity index (χ3n) is 4.09. The summed E-state index contributed by atoms with van der Waals surface area (Å²) in [5.74, 6) is 0.266. The minimum absolute atomic E-state index is 0.0797. The Hall–Kier alpha value is -3.67. The van der Waals surface area contributed by atoms with Gasteiger partial charge in [0.15, 0.2) is 5.78 Å². The van der Waals surface area contributed by atoms with Gasteiger partial charge in [0.2, 0.25) is 0 Å². The van der Waals surface area contributed by atoms with Crippen LogP contribution in [-0.2, 0) is 4.79 Å². The molecule has 134 valence electrons. The van der Waals surface area contributed by atoms with E-state index in [0.29, 0.717) is 22.3 Å². The van der Waals surface area contributed by atoms with E-state index in [4.69, 9.17) is 13.6 Å². The van der Waals surface area contributed by atoms with Crippen molar-refractivity contribution in [3.05, 3.63) is 75.4 Å². The van der Waals surface area contributed by atoms with E-state index in [0.717, 1.165) is 5.39 Å². The van der Waals surface area contributed by atoms with Crippen molar-refractivity contribution in [2.75, 3.05) is 6.61 Å². The monoisotopic (exact) mass is 362 g/mol. The van der Waals surface area contributed by atoms with Gasteiger partial charge in [0.25, 0.3) is 0 Å². The fraction of sp³-hybridized carbons (Fsp3) is 0.0952. The highest BCUT2D eigenvalue weighted by molar-refractivity contribution is 5.95. The van der Waals surface area contributed by atoms with Crippen LogP contribution in [0, 0.1) is 0 Å². The minimum Gasteiger partial charge on any atom is -0.486 e. The molecule has 0 spiro atoms. The fourth-order valence-electron chi connectivity index (χ4n) is 2.89. The number of ketones is 1. The molecule has 0 aliphatic heterocycles. The Kier molecular flexibility index (Phi) is 4.08. The van der Waals surface area contributed by atoms with Gasteiger partial charge in [-0.05, 0) is 31.2 Å². The largest absolute Gasteiger partial charge is 0.486 e. The molecule has 0 aliphatic carbocycles. The molecular weight excluding hydrogens is 348 g/mol. The van der Waals surface area contributed by atoms with Crippen molar-refractivity contribution in [1.29, 1.82) is 0 Å². The molecule has 0 saturated heterocycles. The second-order valence-corrected chi connectivity index (χ2v) is 6.11. The summed E-state index contributed by atoms with van der Waals surface area (Å²) in [6.07, 6.45) is 0. The summed E-state index contributed by atoms with van der Waals surface area (Å²) in [5, 5.41) is 1.31. The van der Waals surface area contributed by atoms with Crippen LogP contribution >= 0.6 is 0 Å². The molecule has 0 bridgehead atoms. The second kappa shape index (κ2) is 6.57. The third-order valence-corrected chi connectivity index (χ3v) is 4.09. The predicted molar refractivity (Wildman–Crippen MR) is 100 cm³/mol. The van der Waals surface area contributed by atoms with Crippen molar-refractivity contribution < 1.29 is 18.4 Å². The molecule has 4 aromatic rings. The van der Waals surface area contributed by atoms with Crippen LogP contribution in [-0.4, -0.2) is 12.4 Å². The lowest BCUT2D eigenvalue weighted by molar-refractivity contribution is -0.118. The number of hydrogen-bond acceptors (Lipinski definition) is 6. The average Bonchev–Trinajstić information content (AvgIpc) is 2.64. The molecule has 6 nitrogen and oxygen atoms in total. The van der Waals surface area contributed by atoms with Crippen molar-refractivity contribution in [2.24, 2.45) is 0 Å². The SMILES string of the molecule is CC(=O)COc1ccc2c(-c3cc4ccccc4oc3=O)cc(=O)oc2c1. The first-order valence-corrected chi connectivity index (χ1v) is 8.25. The molecule has 0 aliphatic rings. The lowest BCUT2D eigenvalue weighted by Crippen LogP contribution is -2.07. The summed E-state index contributed by atoms with van der Waals surface area (Å²) < 4.78 is 16.0. The molecule has 0 unspecified atom stereocenters. The summed E-state index contributed by atoms with van der Waals surface area (Å²) >= 11 is 0. The van der Waals surface area contributed by atoms with Crippen molar-refractivity contribution in [3.63, 3.8) is 0 Å². The Morgan fingerprint density at radius 2 is 1.74 bits per heavy atom. The third kappa shape index (κ3) is 3.25. The van der Waals surface area contributed by atoms with Gasteiger partial charge in [-0.3, -0.25) is 4.79 Å². The van der Waals surface area contributed by atoms with Gasteiger partial charge in [-0.2, -0.15) is 0 Å². The zero-order valence-corrected chi connectivity index (χ0v) is 14.4. The molecule has 2 aromatic carbocycles. The number of ether oxygens (including phenoxy) is 1. The average molecular weight is 362 g/mol. The number of rotatable bonds is 4. The van der Waals surface area contributed by atoms with Gasteiger partial charge in [0.1, 0.15) is 23.5 Å². The minimum atomic E-state index is -0.603. The van der Waals surface area contributed by atoms with Gasteiger partial charge in [-0.25, -0.2) is 9.59 Å². The maximum absolute atomic E-state index is 12.5. The number of carbonyl (C=O) groups is 1. The molecule has 0 saturated carbocycles. The summed E-state index contributed by atoms with van der Waals surface area (Å²) in [5.41, 5.74) is 0.263. The van der Waals surface area contributed by atoms with Crippen molar-refractivity contribution in [2.45, 2.75) is 6.92 Å². The first-order chi connectivity index (χ1) is 13.0. The number of fused-ring (bicyclic) bond motifs is 2. The standard InChI is InChI=1S/C21H14O6/c1-12(22)11-25-14-6-7-15-16(10-20(23)26-19(15)9-14)17-8-13-4-2-3-5-18(13)27-21(17)24/h2-10H,11H2,1H3. The molecule has 6 heteroatoms. The quantitative estimate of drug-likeness (QED) is 0.516. The molecular formula is C21H14O6. The maximum atomic E-state index is 12.5. The van der Waals surface area contributed by atoms with E-state index in [2.05, 4.69) is 0 Å². The van der Waals surface area contributed by atoms with Gasteiger partial charge in [0, 0.05) is 28.5 Å². The molecule has 0 fully saturated rings. The highest BCUT2D eigenvalue weighted by Crippen LogP contribution is 2.29. The number of para-hydroxylation sites is 1. The molecule has 0 radical (unpaired) electrons. The van der Waals surface area contributed by atoms with Gasteiger partial charge in [0.05, 0.1) is 5.56 Å². The van der Waals surface area contributed by atoms with E-state index in [9.17, 15) is 14.4 Å². The Morgan fingerprint density at radius 3 is 2.56 bits per heavy atom. The van der Waals surface area contributed by atoms with Crippen LogP contribution in [0.1, 0.15) is 6.92 Å². The van der Waals surface area contributed by atoms with Crippen LogP contribution in [0.4, 0.5) is 0 Å². The summed E-state index contributed by atoms with van der Waals surface area (Å²) in [6, 6.07) is 14.9. The zero-order valence-electron chi connectivity index (χ0n) is 14.4. The fourth-order valence-corrected chi connectivity index (χ4v) is 2.89. The lowest BCUT2D eigenvalue weighted by Gasteiger charge is -2.08. The van der Waals surface area contributed by atoms with Gasteiger partial charge >= 0.3 is 11.3 Å². The van der Waals surface area contributed by atoms with Crippen LogP contribution in [0.25, 0.3) is 33.1 Å². The van der Waals surface area contributed by atoms with Gasteiger partial charge in [-0.1, -0.05) is 18.2 Å². The van der Waals surface area contributed by atoms with E-state index >= 15 is 0 Å². The number of benzene rings is 2. The number of Topliss-reactive ketones (excluding diaryl/α,β-unsaturated/α-hetero) is 1. The number of hydrogen-bond donors (Lipinski definition) is 0. The van der Waals surface area contributed by atoms with Crippen LogP contribution in [0.3, 0.4) is 0 Å². The molecule has 2 heterocycles. The molecule has 27 heavy (non-hydrogen) atoms. The normalized spacial score (nSPS) is 11.0. The second-order valence-electron chi connectivity index (χ2n) is 6.11. The predicted octanol–water partition coefficient (Wildman–Crippen LogP) is 3.53. The topological polar surface area (TPSA) is 86.7 Å². The van der Waals surface area contributed by atoms with E-state index in [1.54, 1.807) is 30.3 Å². The first-order valence-electron chi connectivity index (χ1n) is 8.25. The smallest absolute Gasteiger partial charge is 0.344 e. The van der Waals surface area contributed by atoms with E-state index < -0.39 is 11.3 Å². The molecule has 0 N–H and O–H groups in total. The molecule has 4 rings (SSSR count). The Bertz CT molecular complexity index is 1300. The highest BCUT2D eigenvalue weighted by atomic mass is 16.5. The summed E-state index contributed by atoms with van der Waals surface area (Å²) in [7, 11) is 0. The summed E-state index contributed by atoms with van der Waals surface area (Å²) in [4.78, 5) is 35.6. The Labute approximate surface area is 152 Å². The van der Waals surface area contributed by atoms with Crippen LogP contribution in [0.2, 0.25) is 0 Å². The van der Waals surface area contributed by atoms with Gasteiger partial charge in [-0.15, -0.1) is 0 Å². The first kappa shape index (κ1) is 16.8. The Morgan fingerprint density at radius 1 is 0.926 bits per heavy atom. The summed E-state index contributed by atoms with van der Waals surface area (Å²) in [6.45, 7) is 1.34. The van der Waals surface area contributed by atoms with Crippen LogP contribution in [0.5, 0.6) is 5.75 Å².